The van der Waals surface area contributed by atoms with Gasteiger partial charge in [-0.2, -0.15) is 0 Å². The molecular weight excluding hydrogens is 296 g/mol. The molecule has 0 bridgehead atoms. The molecule has 1 heterocycles. The van der Waals surface area contributed by atoms with Crippen LogP contribution in [0.3, 0.4) is 0 Å². The number of thiazole rings is 1. The van der Waals surface area contributed by atoms with E-state index < -0.39 is 0 Å². The van der Waals surface area contributed by atoms with Crippen molar-refractivity contribution in [1.29, 1.82) is 0 Å². The normalized spacial score (nSPS) is 10.5. The summed E-state index contributed by atoms with van der Waals surface area (Å²) >= 11 is 1.39. The number of anilines is 1. The van der Waals surface area contributed by atoms with Gasteiger partial charge in [0.25, 0.3) is 0 Å². The van der Waals surface area contributed by atoms with Crippen molar-refractivity contribution in [3.05, 3.63) is 46.5 Å². The summed E-state index contributed by atoms with van der Waals surface area (Å²) in [6, 6.07) is 7.65. The zero-order valence-corrected chi connectivity index (χ0v) is 13.7. The molecule has 0 aliphatic rings. The number of ketones is 1. The first-order valence-corrected chi connectivity index (χ1v) is 8.30. The van der Waals surface area contributed by atoms with Gasteiger partial charge in [-0.05, 0) is 18.9 Å². The summed E-state index contributed by atoms with van der Waals surface area (Å²) in [6.45, 7) is 4.00. The van der Waals surface area contributed by atoms with Crippen LogP contribution in [-0.4, -0.2) is 16.7 Å². The van der Waals surface area contributed by atoms with Crippen LogP contribution in [0.1, 0.15) is 47.8 Å². The maximum Gasteiger partial charge on any atom is 0.226 e. The van der Waals surface area contributed by atoms with Gasteiger partial charge >= 0.3 is 0 Å². The highest BCUT2D eigenvalue weighted by atomic mass is 32.1. The second kappa shape index (κ2) is 7.84. The van der Waals surface area contributed by atoms with E-state index in [4.69, 9.17) is 0 Å². The van der Waals surface area contributed by atoms with E-state index >= 15 is 0 Å². The molecule has 1 aromatic heterocycles. The summed E-state index contributed by atoms with van der Waals surface area (Å²) in [5, 5.41) is 5.17. The molecule has 1 amide bonds. The predicted molar refractivity (Wildman–Crippen MR) is 89.5 cm³/mol. The number of nitrogens with zero attached hydrogens (tertiary/aromatic N) is 1. The number of carbonyl (C=O) groups excluding carboxylic acids is 2. The van der Waals surface area contributed by atoms with Gasteiger partial charge < -0.3 is 5.32 Å². The van der Waals surface area contributed by atoms with Gasteiger partial charge in [0, 0.05) is 23.8 Å². The van der Waals surface area contributed by atoms with Crippen molar-refractivity contribution in [3.63, 3.8) is 0 Å². The van der Waals surface area contributed by atoms with Crippen LogP contribution in [-0.2, 0) is 11.2 Å². The molecule has 0 spiro atoms. The largest absolute Gasteiger partial charge is 0.302 e. The number of Topliss-reactive ketones (excluding diaryl/α,β-unsaturated/α-hetero) is 1. The molecule has 0 fully saturated rings. The molecule has 4 nitrogen and oxygen atoms in total. The Balaban J connectivity index is 1.82. The average molecular weight is 316 g/mol. The Kier molecular flexibility index (Phi) is 5.83. The maximum atomic E-state index is 12.1. The predicted octanol–water partition coefficient (Wildman–Crippen LogP) is 4.01. The smallest absolute Gasteiger partial charge is 0.226 e. The van der Waals surface area contributed by atoms with E-state index in [9.17, 15) is 9.59 Å². The first kappa shape index (κ1) is 16.4. The van der Waals surface area contributed by atoms with E-state index in [2.05, 4.69) is 17.2 Å². The highest BCUT2D eigenvalue weighted by Gasteiger charge is 2.10. The number of amides is 1. The fourth-order valence-corrected chi connectivity index (χ4v) is 2.81. The lowest BCUT2D eigenvalue weighted by atomic mass is 10.0. The summed E-state index contributed by atoms with van der Waals surface area (Å²) in [5.41, 5.74) is 2.78. The molecule has 5 heteroatoms. The first-order chi connectivity index (χ1) is 10.6. The summed E-state index contributed by atoms with van der Waals surface area (Å²) in [4.78, 5) is 28.0. The van der Waals surface area contributed by atoms with Crippen molar-refractivity contribution in [1.82, 2.24) is 4.98 Å². The van der Waals surface area contributed by atoms with Crippen LogP contribution < -0.4 is 5.32 Å². The monoisotopic (exact) mass is 316 g/mol. The number of hydrogen-bond acceptors (Lipinski definition) is 4. The van der Waals surface area contributed by atoms with Gasteiger partial charge in [0.05, 0.1) is 5.69 Å². The molecule has 0 saturated heterocycles. The minimum Gasteiger partial charge on any atom is -0.302 e. The zero-order chi connectivity index (χ0) is 15.9. The molecule has 0 atom stereocenters. The number of carbonyl (C=O) groups is 2. The Bertz CT molecular complexity index is 647. The van der Waals surface area contributed by atoms with Crippen LogP contribution in [0.25, 0.3) is 0 Å². The van der Waals surface area contributed by atoms with Gasteiger partial charge in [-0.15, -0.1) is 11.3 Å². The van der Waals surface area contributed by atoms with Crippen molar-refractivity contribution >= 4 is 28.2 Å². The molecule has 2 aromatic rings. The number of nitrogens with one attached hydrogen (secondary N) is 1. The molecule has 0 radical (unpaired) electrons. The van der Waals surface area contributed by atoms with Crippen LogP contribution in [0.2, 0.25) is 0 Å². The van der Waals surface area contributed by atoms with Gasteiger partial charge in [0.2, 0.25) is 5.91 Å². The van der Waals surface area contributed by atoms with Crippen molar-refractivity contribution < 1.29 is 9.59 Å². The third-order valence-corrected chi connectivity index (χ3v) is 4.13. The summed E-state index contributed by atoms with van der Waals surface area (Å²) in [5.74, 6) is -0.182. The Morgan fingerprint density at radius 2 is 1.91 bits per heavy atom. The van der Waals surface area contributed by atoms with Crippen molar-refractivity contribution in [2.45, 2.75) is 39.5 Å². The first-order valence-electron chi connectivity index (χ1n) is 7.42. The highest BCUT2D eigenvalue weighted by Crippen LogP contribution is 2.15. The number of benzene rings is 1. The van der Waals surface area contributed by atoms with Crippen molar-refractivity contribution in [2.24, 2.45) is 0 Å². The number of aryl methyl sites for hydroxylation is 2. The van der Waals surface area contributed by atoms with E-state index in [1.807, 2.05) is 36.6 Å². The second-order valence-corrected chi connectivity index (χ2v) is 6.07. The standard InChI is InChI=1S/C17H20N2O2S/c1-3-4-13-5-7-14(8-6-13)15(20)9-10-16(21)19-17-18-12(2)11-22-17/h5-8,11H,3-4,9-10H2,1-2H3,(H,18,19,21). The Morgan fingerprint density at radius 1 is 1.18 bits per heavy atom. The van der Waals surface area contributed by atoms with E-state index in [1.54, 1.807) is 0 Å². The van der Waals surface area contributed by atoms with Gasteiger partial charge in [-0.25, -0.2) is 4.98 Å². The SMILES string of the molecule is CCCc1ccc(C(=O)CCC(=O)Nc2nc(C)cs2)cc1. The molecule has 2 rings (SSSR count). The summed E-state index contributed by atoms with van der Waals surface area (Å²) in [6.07, 6.45) is 2.49. The molecule has 1 aromatic carbocycles. The van der Waals surface area contributed by atoms with Gasteiger partial charge in [-0.3, -0.25) is 9.59 Å². The third kappa shape index (κ3) is 4.77. The molecule has 0 unspecified atom stereocenters. The van der Waals surface area contributed by atoms with Crippen LogP contribution in [0.15, 0.2) is 29.6 Å². The summed E-state index contributed by atoms with van der Waals surface area (Å²) in [7, 11) is 0. The quantitative estimate of drug-likeness (QED) is 0.785. The minimum atomic E-state index is -0.176. The Hall–Kier alpha value is -2.01. The van der Waals surface area contributed by atoms with Crippen LogP contribution in [0.5, 0.6) is 0 Å². The Labute approximate surface area is 134 Å². The number of aromatic nitrogens is 1. The third-order valence-electron chi connectivity index (χ3n) is 3.26. The minimum absolute atomic E-state index is 0.00600. The molecule has 0 aliphatic heterocycles. The lowest BCUT2D eigenvalue weighted by Gasteiger charge is -2.04. The highest BCUT2D eigenvalue weighted by molar-refractivity contribution is 7.13. The maximum absolute atomic E-state index is 12.1. The second-order valence-electron chi connectivity index (χ2n) is 5.21. The van der Waals surface area contributed by atoms with E-state index in [0.717, 1.165) is 18.5 Å². The van der Waals surface area contributed by atoms with E-state index in [1.165, 1.54) is 16.9 Å². The molecule has 116 valence electrons. The lowest BCUT2D eigenvalue weighted by Crippen LogP contribution is -2.13. The Morgan fingerprint density at radius 3 is 2.50 bits per heavy atom. The lowest BCUT2D eigenvalue weighted by molar-refractivity contribution is -0.116. The fourth-order valence-electron chi connectivity index (χ4n) is 2.11. The number of hydrogen-bond donors (Lipinski definition) is 1. The molecule has 0 saturated carbocycles. The van der Waals surface area contributed by atoms with Gasteiger partial charge in [-0.1, -0.05) is 37.6 Å². The van der Waals surface area contributed by atoms with Gasteiger partial charge in [0.15, 0.2) is 10.9 Å². The van der Waals surface area contributed by atoms with Crippen LogP contribution in [0, 0.1) is 6.92 Å². The topological polar surface area (TPSA) is 59.1 Å². The molecule has 0 aliphatic carbocycles. The molecular formula is C17H20N2O2S. The number of rotatable bonds is 7. The van der Waals surface area contributed by atoms with Crippen LogP contribution >= 0.6 is 11.3 Å². The van der Waals surface area contributed by atoms with E-state index in [0.29, 0.717) is 10.7 Å². The van der Waals surface area contributed by atoms with Crippen molar-refractivity contribution in [2.75, 3.05) is 5.32 Å². The van der Waals surface area contributed by atoms with Crippen molar-refractivity contribution in [3.8, 4) is 0 Å². The van der Waals surface area contributed by atoms with Gasteiger partial charge in [0.1, 0.15) is 0 Å². The average Bonchev–Trinajstić information content (AvgIpc) is 2.91. The summed E-state index contributed by atoms with van der Waals surface area (Å²) < 4.78 is 0. The zero-order valence-electron chi connectivity index (χ0n) is 12.9. The van der Waals surface area contributed by atoms with Crippen LogP contribution in [0.4, 0.5) is 5.13 Å². The fraction of sp³-hybridized carbons (Fsp3) is 0.353. The molecule has 22 heavy (non-hydrogen) atoms. The van der Waals surface area contributed by atoms with E-state index in [-0.39, 0.29) is 24.5 Å². The molecule has 1 N–H and O–H groups in total.